The minimum atomic E-state index is -3.89. The van der Waals surface area contributed by atoms with Crippen LogP contribution in [0.4, 0.5) is 0 Å². The van der Waals surface area contributed by atoms with Crippen molar-refractivity contribution in [2.24, 2.45) is 11.7 Å². The maximum absolute atomic E-state index is 13.1. The van der Waals surface area contributed by atoms with E-state index < -0.39 is 25.4 Å². The lowest BCUT2D eigenvalue weighted by molar-refractivity contribution is 0.191. The zero-order valence-corrected chi connectivity index (χ0v) is 18.2. The summed E-state index contributed by atoms with van der Waals surface area (Å²) in [6.45, 7) is 5.45. The minimum Gasteiger partial charge on any atom is -0.329 e. The van der Waals surface area contributed by atoms with Crippen molar-refractivity contribution in [3.05, 3.63) is 23.3 Å². The van der Waals surface area contributed by atoms with Gasteiger partial charge >= 0.3 is 0 Å². The Kier molecular flexibility index (Phi) is 7.32. The number of nitrogens with one attached hydrogen (secondary N) is 1. The van der Waals surface area contributed by atoms with Gasteiger partial charge in [0.1, 0.15) is 0 Å². The molecule has 1 aromatic rings. The van der Waals surface area contributed by atoms with Gasteiger partial charge in [-0.25, -0.2) is 21.6 Å². The molecule has 0 heterocycles. The van der Waals surface area contributed by atoms with Crippen LogP contribution < -0.4 is 10.5 Å². The molecule has 1 aromatic carbocycles. The summed E-state index contributed by atoms with van der Waals surface area (Å²) in [5.41, 5.74) is 6.11. The van der Waals surface area contributed by atoms with Crippen molar-refractivity contribution in [2.45, 2.75) is 61.8 Å². The third-order valence-corrected chi connectivity index (χ3v) is 8.20. The third kappa shape index (κ3) is 4.59. The van der Waals surface area contributed by atoms with Gasteiger partial charge in [0.05, 0.1) is 9.79 Å². The first-order chi connectivity index (χ1) is 11.4. The van der Waals surface area contributed by atoms with Crippen molar-refractivity contribution in [3.63, 3.8) is 0 Å². The Morgan fingerprint density at radius 3 is 2.23 bits per heavy atom. The summed E-state index contributed by atoms with van der Waals surface area (Å²) in [6.07, 6.45) is 4.68. The molecule has 1 saturated carbocycles. The predicted molar refractivity (Wildman–Crippen MR) is 106 cm³/mol. The van der Waals surface area contributed by atoms with Gasteiger partial charge in [0.2, 0.25) is 10.0 Å². The fourth-order valence-electron chi connectivity index (χ4n) is 3.69. The molecule has 9 heteroatoms. The van der Waals surface area contributed by atoms with E-state index in [1.807, 2.05) is 6.92 Å². The quantitative estimate of drug-likeness (QED) is 0.754. The first-order valence-corrected chi connectivity index (χ1v) is 11.9. The summed E-state index contributed by atoms with van der Waals surface area (Å²) < 4.78 is 53.0. The molecule has 0 spiro atoms. The largest absolute Gasteiger partial charge is 0.329 e. The smallest absolute Gasteiger partial charge is 0.241 e. The highest BCUT2D eigenvalue weighted by Gasteiger charge is 2.41. The Morgan fingerprint density at radius 2 is 1.73 bits per heavy atom. The number of sulfone groups is 1. The van der Waals surface area contributed by atoms with Crippen molar-refractivity contribution in [2.75, 3.05) is 12.8 Å². The lowest BCUT2D eigenvalue weighted by Gasteiger charge is -2.42. The summed E-state index contributed by atoms with van der Waals surface area (Å²) >= 11 is 0. The molecular formula is C17H29ClN2O4S2. The van der Waals surface area contributed by atoms with Crippen LogP contribution in [0.5, 0.6) is 0 Å². The van der Waals surface area contributed by atoms with E-state index in [1.54, 1.807) is 6.92 Å². The summed E-state index contributed by atoms with van der Waals surface area (Å²) in [5.74, 6) is 0.125. The standard InChI is InChI=1S/C17H28N2O4S2.ClH/c1-12-9-15(24(4,20)21)14(3)16(10-12)25(22,23)19-17(11-18)8-6-5-7-13(17)2;/h9-10,13,19H,5-8,11,18H2,1-4H3;1H. The van der Waals surface area contributed by atoms with Crippen molar-refractivity contribution in [3.8, 4) is 0 Å². The fourth-order valence-corrected chi connectivity index (χ4v) is 6.71. The van der Waals surface area contributed by atoms with Crippen LogP contribution in [-0.4, -0.2) is 35.2 Å². The van der Waals surface area contributed by atoms with E-state index in [-0.39, 0.29) is 40.2 Å². The molecule has 26 heavy (non-hydrogen) atoms. The zero-order valence-electron chi connectivity index (χ0n) is 15.7. The second-order valence-electron chi connectivity index (χ2n) is 7.27. The number of hydrogen-bond acceptors (Lipinski definition) is 5. The second-order valence-corrected chi connectivity index (χ2v) is 10.9. The number of hydrogen-bond donors (Lipinski definition) is 2. The minimum absolute atomic E-state index is 0. The van der Waals surface area contributed by atoms with Gasteiger partial charge in [-0.05, 0) is 55.9 Å². The van der Waals surface area contributed by atoms with Gasteiger partial charge in [-0.15, -0.1) is 12.4 Å². The van der Waals surface area contributed by atoms with Crippen LogP contribution in [0.2, 0.25) is 0 Å². The molecule has 0 aliphatic heterocycles. The highest BCUT2D eigenvalue weighted by Crippen LogP contribution is 2.35. The van der Waals surface area contributed by atoms with Gasteiger partial charge in [-0.3, -0.25) is 0 Å². The van der Waals surface area contributed by atoms with Crippen LogP contribution in [0, 0.1) is 19.8 Å². The molecule has 0 radical (unpaired) electrons. The number of benzene rings is 1. The maximum Gasteiger partial charge on any atom is 0.241 e. The van der Waals surface area contributed by atoms with E-state index in [0.29, 0.717) is 12.0 Å². The first kappa shape index (κ1) is 23.4. The van der Waals surface area contributed by atoms with Crippen LogP contribution in [0.3, 0.4) is 0 Å². The Morgan fingerprint density at radius 1 is 1.15 bits per heavy atom. The van der Waals surface area contributed by atoms with Crippen molar-refractivity contribution in [1.82, 2.24) is 4.72 Å². The Hall–Kier alpha value is -0.670. The molecule has 1 fully saturated rings. The summed E-state index contributed by atoms with van der Waals surface area (Å²) in [6, 6.07) is 3.02. The molecule has 0 aromatic heterocycles. The molecule has 0 bridgehead atoms. The second kappa shape index (κ2) is 8.14. The topological polar surface area (TPSA) is 106 Å². The van der Waals surface area contributed by atoms with Crippen molar-refractivity contribution in [1.29, 1.82) is 0 Å². The summed E-state index contributed by atoms with van der Waals surface area (Å²) in [7, 11) is -7.41. The third-order valence-electron chi connectivity index (χ3n) is 5.30. The summed E-state index contributed by atoms with van der Waals surface area (Å²) in [5, 5.41) is 0. The average Bonchev–Trinajstić information content (AvgIpc) is 2.50. The monoisotopic (exact) mass is 424 g/mol. The van der Waals surface area contributed by atoms with E-state index >= 15 is 0 Å². The number of halogens is 1. The molecule has 2 rings (SSSR count). The average molecular weight is 425 g/mol. The maximum atomic E-state index is 13.1. The van der Waals surface area contributed by atoms with Gasteiger partial charge < -0.3 is 5.73 Å². The molecule has 2 unspecified atom stereocenters. The first-order valence-electron chi connectivity index (χ1n) is 8.48. The van der Waals surface area contributed by atoms with E-state index in [9.17, 15) is 16.8 Å². The van der Waals surface area contributed by atoms with Gasteiger partial charge in [0.25, 0.3) is 0 Å². The number of aryl methyl sites for hydroxylation is 1. The number of nitrogens with two attached hydrogens (primary N) is 1. The van der Waals surface area contributed by atoms with Gasteiger partial charge in [-0.2, -0.15) is 0 Å². The highest BCUT2D eigenvalue weighted by molar-refractivity contribution is 7.91. The van der Waals surface area contributed by atoms with Gasteiger partial charge in [0.15, 0.2) is 9.84 Å². The van der Waals surface area contributed by atoms with E-state index in [0.717, 1.165) is 25.5 Å². The van der Waals surface area contributed by atoms with E-state index in [1.165, 1.54) is 19.1 Å². The zero-order chi connectivity index (χ0) is 19.0. The molecule has 3 N–H and O–H groups in total. The van der Waals surface area contributed by atoms with E-state index in [4.69, 9.17) is 5.73 Å². The number of sulfonamides is 1. The van der Waals surface area contributed by atoms with Crippen molar-refractivity contribution >= 4 is 32.3 Å². The molecular weight excluding hydrogens is 396 g/mol. The molecule has 0 saturated heterocycles. The highest BCUT2D eigenvalue weighted by atomic mass is 35.5. The van der Waals surface area contributed by atoms with Gasteiger partial charge in [0, 0.05) is 18.3 Å². The Balaban J connectivity index is 0.00000338. The molecule has 2 atom stereocenters. The molecule has 6 nitrogen and oxygen atoms in total. The number of rotatable bonds is 5. The predicted octanol–water partition coefficient (Wildman–Crippen LogP) is 2.31. The van der Waals surface area contributed by atoms with Crippen LogP contribution in [0.25, 0.3) is 0 Å². The summed E-state index contributed by atoms with van der Waals surface area (Å²) in [4.78, 5) is 0.0601. The SMILES string of the molecule is Cc1cc(S(C)(=O)=O)c(C)c(S(=O)(=O)NC2(CN)CCCCC2C)c1.Cl. The normalized spacial score (nSPS) is 24.1. The molecule has 0 amide bonds. The molecule has 150 valence electrons. The lowest BCUT2D eigenvalue weighted by Crippen LogP contribution is -2.59. The van der Waals surface area contributed by atoms with Crippen LogP contribution in [0.15, 0.2) is 21.9 Å². The molecule has 1 aliphatic rings. The Labute approximate surface area is 163 Å². The fraction of sp³-hybridized carbons (Fsp3) is 0.647. The van der Waals surface area contributed by atoms with Gasteiger partial charge in [-0.1, -0.05) is 19.8 Å². The van der Waals surface area contributed by atoms with Crippen LogP contribution in [0.1, 0.15) is 43.7 Å². The van der Waals surface area contributed by atoms with E-state index in [2.05, 4.69) is 4.72 Å². The van der Waals surface area contributed by atoms with Crippen molar-refractivity contribution < 1.29 is 16.8 Å². The van der Waals surface area contributed by atoms with Crippen LogP contribution in [-0.2, 0) is 19.9 Å². The Bertz CT molecular complexity index is 869. The molecule has 1 aliphatic carbocycles. The lowest BCUT2D eigenvalue weighted by atomic mass is 9.74. The van der Waals surface area contributed by atoms with Crippen LogP contribution >= 0.6 is 12.4 Å².